The SMILES string of the molecule is NC(c1ccc(Cl)o1)c1cnccc1C(F)(F)F. The third-order valence-electron chi connectivity index (χ3n) is 2.39. The van der Waals surface area contributed by atoms with Gasteiger partial charge >= 0.3 is 6.18 Å². The van der Waals surface area contributed by atoms with E-state index in [9.17, 15) is 13.2 Å². The van der Waals surface area contributed by atoms with Crippen LogP contribution in [0.2, 0.25) is 5.22 Å². The summed E-state index contributed by atoms with van der Waals surface area (Å²) >= 11 is 5.56. The Morgan fingerprint density at radius 2 is 2.00 bits per heavy atom. The summed E-state index contributed by atoms with van der Waals surface area (Å²) in [5.74, 6) is 0.151. The molecule has 0 aliphatic carbocycles. The fourth-order valence-corrected chi connectivity index (χ4v) is 1.71. The third kappa shape index (κ3) is 2.49. The van der Waals surface area contributed by atoms with Crippen LogP contribution in [0, 0.1) is 0 Å². The van der Waals surface area contributed by atoms with Gasteiger partial charge in [0.15, 0.2) is 5.22 Å². The molecule has 0 aliphatic rings. The largest absolute Gasteiger partial charge is 0.448 e. The van der Waals surface area contributed by atoms with Crippen LogP contribution in [0.3, 0.4) is 0 Å². The van der Waals surface area contributed by atoms with Crippen LogP contribution in [0.5, 0.6) is 0 Å². The molecular weight excluding hydrogens is 269 g/mol. The van der Waals surface area contributed by atoms with Gasteiger partial charge in [0.2, 0.25) is 0 Å². The molecule has 0 fully saturated rings. The summed E-state index contributed by atoms with van der Waals surface area (Å²) in [7, 11) is 0. The number of nitrogens with two attached hydrogens (primary N) is 1. The Labute approximate surface area is 105 Å². The van der Waals surface area contributed by atoms with Gasteiger partial charge in [0.05, 0.1) is 11.6 Å². The number of pyridine rings is 1. The molecule has 2 heterocycles. The van der Waals surface area contributed by atoms with Crippen molar-refractivity contribution >= 4 is 11.6 Å². The summed E-state index contributed by atoms with van der Waals surface area (Å²) in [6.45, 7) is 0. The summed E-state index contributed by atoms with van der Waals surface area (Å²) < 4.78 is 43.4. The van der Waals surface area contributed by atoms with Crippen LogP contribution in [-0.4, -0.2) is 4.98 Å². The van der Waals surface area contributed by atoms with Gasteiger partial charge in [-0.25, -0.2) is 0 Å². The molecule has 2 N–H and O–H groups in total. The number of furan rings is 1. The van der Waals surface area contributed by atoms with Crippen molar-refractivity contribution in [3.8, 4) is 0 Å². The second-order valence-electron chi connectivity index (χ2n) is 3.58. The molecule has 0 saturated carbocycles. The van der Waals surface area contributed by atoms with Crippen molar-refractivity contribution in [2.45, 2.75) is 12.2 Å². The summed E-state index contributed by atoms with van der Waals surface area (Å²) in [4.78, 5) is 3.66. The molecule has 0 spiro atoms. The first kappa shape index (κ1) is 12.9. The van der Waals surface area contributed by atoms with Crippen LogP contribution in [-0.2, 0) is 6.18 Å². The molecule has 0 aliphatic heterocycles. The second kappa shape index (κ2) is 4.62. The highest BCUT2D eigenvalue weighted by atomic mass is 35.5. The van der Waals surface area contributed by atoms with Crippen molar-refractivity contribution in [2.75, 3.05) is 0 Å². The van der Waals surface area contributed by atoms with Crippen LogP contribution >= 0.6 is 11.6 Å². The highest BCUT2D eigenvalue weighted by Gasteiger charge is 2.35. The number of alkyl halides is 3. The van der Waals surface area contributed by atoms with Crippen molar-refractivity contribution in [2.24, 2.45) is 5.73 Å². The Morgan fingerprint density at radius 1 is 1.28 bits per heavy atom. The molecule has 3 nitrogen and oxygen atoms in total. The maximum absolute atomic E-state index is 12.8. The molecule has 0 bridgehead atoms. The van der Waals surface area contributed by atoms with Crippen molar-refractivity contribution < 1.29 is 17.6 Å². The van der Waals surface area contributed by atoms with Crippen molar-refractivity contribution in [1.29, 1.82) is 0 Å². The standard InChI is InChI=1S/C11H8ClF3N2O/c12-9-2-1-8(18-9)10(16)6-5-17-4-3-7(6)11(13,14)15/h1-5,10H,16H2. The minimum absolute atomic E-state index is 0.0675. The molecule has 2 rings (SSSR count). The van der Waals surface area contributed by atoms with Gasteiger partial charge < -0.3 is 10.2 Å². The lowest BCUT2D eigenvalue weighted by molar-refractivity contribution is -0.138. The van der Waals surface area contributed by atoms with E-state index in [4.69, 9.17) is 21.8 Å². The molecule has 2 aromatic rings. The number of nitrogens with zero attached hydrogens (tertiary/aromatic N) is 1. The van der Waals surface area contributed by atoms with Crippen molar-refractivity contribution in [1.82, 2.24) is 4.98 Å². The van der Waals surface area contributed by atoms with E-state index in [1.165, 1.54) is 12.1 Å². The molecule has 0 amide bonds. The van der Waals surface area contributed by atoms with Crippen molar-refractivity contribution in [3.63, 3.8) is 0 Å². The molecule has 18 heavy (non-hydrogen) atoms. The quantitative estimate of drug-likeness (QED) is 0.915. The number of rotatable bonds is 2. The molecule has 0 aromatic carbocycles. The maximum Gasteiger partial charge on any atom is 0.416 e. The number of halogens is 4. The van der Waals surface area contributed by atoms with E-state index in [0.29, 0.717) is 0 Å². The van der Waals surface area contributed by atoms with E-state index in [0.717, 1.165) is 18.5 Å². The van der Waals surface area contributed by atoms with Crippen LogP contribution in [0.4, 0.5) is 13.2 Å². The Bertz CT molecular complexity index is 553. The Kier molecular flexibility index (Phi) is 3.32. The topological polar surface area (TPSA) is 52.0 Å². The predicted octanol–water partition coefficient (Wildman–Crippen LogP) is 3.39. The van der Waals surface area contributed by atoms with Gasteiger partial charge in [-0.2, -0.15) is 13.2 Å². The number of hydrogen-bond acceptors (Lipinski definition) is 3. The lowest BCUT2D eigenvalue weighted by Crippen LogP contribution is -2.18. The molecule has 1 atom stereocenters. The molecule has 1 unspecified atom stereocenters. The van der Waals surface area contributed by atoms with Gasteiger partial charge in [-0.15, -0.1) is 0 Å². The Morgan fingerprint density at radius 3 is 2.56 bits per heavy atom. The van der Waals surface area contributed by atoms with Gasteiger partial charge in [0.1, 0.15) is 5.76 Å². The maximum atomic E-state index is 12.8. The zero-order valence-corrected chi connectivity index (χ0v) is 9.66. The second-order valence-corrected chi connectivity index (χ2v) is 3.95. The van der Waals surface area contributed by atoms with E-state index in [1.54, 1.807) is 0 Å². The minimum Gasteiger partial charge on any atom is -0.448 e. The zero-order chi connectivity index (χ0) is 13.3. The van der Waals surface area contributed by atoms with Crippen LogP contribution < -0.4 is 5.73 Å². The van der Waals surface area contributed by atoms with Gasteiger partial charge in [-0.05, 0) is 29.8 Å². The van der Waals surface area contributed by atoms with E-state index in [2.05, 4.69) is 4.98 Å². The molecule has 2 aromatic heterocycles. The lowest BCUT2D eigenvalue weighted by Gasteiger charge is -2.15. The fourth-order valence-electron chi connectivity index (χ4n) is 1.56. The highest BCUT2D eigenvalue weighted by molar-refractivity contribution is 6.28. The van der Waals surface area contributed by atoms with E-state index in [-0.39, 0.29) is 16.5 Å². The summed E-state index contributed by atoms with van der Waals surface area (Å²) in [5, 5.41) is 0.0675. The summed E-state index contributed by atoms with van der Waals surface area (Å²) in [6, 6.07) is 2.66. The Hall–Kier alpha value is -1.53. The lowest BCUT2D eigenvalue weighted by atomic mass is 10.0. The number of hydrogen-bond donors (Lipinski definition) is 1. The smallest absolute Gasteiger partial charge is 0.416 e. The molecule has 0 radical (unpaired) electrons. The fraction of sp³-hybridized carbons (Fsp3) is 0.182. The average Bonchev–Trinajstić information content (AvgIpc) is 2.74. The van der Waals surface area contributed by atoms with Gasteiger partial charge in [0, 0.05) is 18.0 Å². The van der Waals surface area contributed by atoms with E-state index < -0.39 is 17.8 Å². The highest BCUT2D eigenvalue weighted by Crippen LogP contribution is 2.35. The first-order chi connectivity index (χ1) is 8.39. The average molecular weight is 277 g/mol. The van der Waals surface area contributed by atoms with Crippen LogP contribution in [0.1, 0.15) is 22.9 Å². The van der Waals surface area contributed by atoms with Gasteiger partial charge in [0.25, 0.3) is 0 Å². The molecule has 96 valence electrons. The number of aromatic nitrogens is 1. The zero-order valence-electron chi connectivity index (χ0n) is 8.91. The summed E-state index contributed by atoms with van der Waals surface area (Å²) in [6.07, 6.45) is -2.36. The third-order valence-corrected chi connectivity index (χ3v) is 2.60. The van der Waals surface area contributed by atoms with Gasteiger partial charge in [-0.3, -0.25) is 4.98 Å². The predicted molar refractivity (Wildman–Crippen MR) is 59.0 cm³/mol. The molecule has 7 heteroatoms. The van der Waals surface area contributed by atoms with E-state index in [1.807, 2.05) is 0 Å². The first-order valence-corrected chi connectivity index (χ1v) is 5.29. The minimum atomic E-state index is -4.49. The summed E-state index contributed by atoms with van der Waals surface area (Å²) in [5.41, 5.74) is 4.74. The Balaban J connectivity index is 2.45. The normalized spacial score (nSPS) is 13.6. The van der Waals surface area contributed by atoms with Crippen LogP contribution in [0.15, 0.2) is 35.0 Å². The van der Waals surface area contributed by atoms with Crippen molar-refractivity contribution in [3.05, 3.63) is 52.7 Å². The monoisotopic (exact) mass is 276 g/mol. The van der Waals surface area contributed by atoms with Gasteiger partial charge in [-0.1, -0.05) is 0 Å². The van der Waals surface area contributed by atoms with Crippen LogP contribution in [0.25, 0.3) is 0 Å². The van der Waals surface area contributed by atoms with E-state index >= 15 is 0 Å². The first-order valence-electron chi connectivity index (χ1n) is 4.91. The molecular formula is C11H8ClF3N2O. The molecule has 0 saturated heterocycles.